The molecule has 0 spiro atoms. The van der Waals surface area contributed by atoms with Crippen molar-refractivity contribution in [1.82, 2.24) is 9.78 Å². The summed E-state index contributed by atoms with van der Waals surface area (Å²) in [6, 6.07) is 20.9. The van der Waals surface area contributed by atoms with Gasteiger partial charge in [0.2, 0.25) is 0 Å². The molecule has 0 bridgehead atoms. The molecule has 7 heteroatoms. The highest BCUT2D eigenvalue weighted by atomic mass is 79.9. The number of halogens is 1. The Morgan fingerprint density at radius 2 is 2.00 bits per heavy atom. The summed E-state index contributed by atoms with van der Waals surface area (Å²) in [7, 11) is 0. The van der Waals surface area contributed by atoms with Crippen LogP contribution in [0.4, 0.5) is 5.82 Å². The summed E-state index contributed by atoms with van der Waals surface area (Å²) >= 11 is 3.43. The Morgan fingerprint density at radius 3 is 2.83 bits per heavy atom. The van der Waals surface area contributed by atoms with E-state index in [0.717, 1.165) is 10.0 Å². The second-order valence-electron chi connectivity index (χ2n) is 6.83. The molecule has 0 unspecified atom stereocenters. The van der Waals surface area contributed by atoms with Crippen LogP contribution in [-0.2, 0) is 13.2 Å². The summed E-state index contributed by atoms with van der Waals surface area (Å²) in [4.78, 5) is 12.5. The van der Waals surface area contributed by atoms with Gasteiger partial charge >= 0.3 is 0 Å². The van der Waals surface area contributed by atoms with E-state index >= 15 is 0 Å². The zero-order valence-corrected chi connectivity index (χ0v) is 17.9. The topological polar surface area (TPSA) is 69.3 Å². The van der Waals surface area contributed by atoms with Gasteiger partial charge in [-0.1, -0.05) is 42.0 Å². The fourth-order valence-corrected chi connectivity index (χ4v) is 3.38. The zero-order valence-electron chi connectivity index (χ0n) is 16.3. The lowest BCUT2D eigenvalue weighted by molar-refractivity contribution is 0.0992. The molecule has 0 radical (unpaired) electrons. The van der Waals surface area contributed by atoms with Gasteiger partial charge < -0.3 is 14.5 Å². The van der Waals surface area contributed by atoms with E-state index < -0.39 is 0 Å². The third-order valence-electron chi connectivity index (χ3n) is 4.40. The van der Waals surface area contributed by atoms with E-state index in [9.17, 15) is 4.79 Å². The van der Waals surface area contributed by atoms with Crippen LogP contribution in [0, 0.1) is 6.92 Å². The van der Waals surface area contributed by atoms with Gasteiger partial charge in [0.1, 0.15) is 18.1 Å². The number of rotatable bonds is 7. The van der Waals surface area contributed by atoms with Crippen molar-refractivity contribution in [3.05, 3.63) is 100 Å². The van der Waals surface area contributed by atoms with Gasteiger partial charge in [-0.3, -0.25) is 9.48 Å². The third-order valence-corrected chi connectivity index (χ3v) is 5.06. The molecule has 1 amide bonds. The van der Waals surface area contributed by atoms with Crippen LogP contribution in [0.25, 0.3) is 0 Å². The first-order valence-electron chi connectivity index (χ1n) is 9.43. The number of hydrogen-bond donors (Lipinski definition) is 1. The van der Waals surface area contributed by atoms with E-state index in [-0.39, 0.29) is 18.3 Å². The van der Waals surface area contributed by atoms with Crippen molar-refractivity contribution in [2.45, 2.75) is 20.1 Å². The molecule has 4 aromatic rings. The van der Waals surface area contributed by atoms with E-state index in [0.29, 0.717) is 23.9 Å². The standard InChI is InChI=1S/C23H20BrN3O3/c1-16-5-4-6-17(13-16)14-27-12-11-22(26-27)25-23(28)21-10-9-18(30-21)15-29-20-8-3-2-7-19(20)24/h2-13H,14-15H2,1H3,(H,25,26,28). The summed E-state index contributed by atoms with van der Waals surface area (Å²) in [6.45, 7) is 2.91. The Balaban J connectivity index is 1.34. The maximum atomic E-state index is 12.5. The maximum absolute atomic E-state index is 12.5. The second-order valence-corrected chi connectivity index (χ2v) is 7.68. The van der Waals surface area contributed by atoms with E-state index in [1.54, 1.807) is 22.9 Å². The van der Waals surface area contributed by atoms with Crippen LogP contribution >= 0.6 is 15.9 Å². The molecule has 0 saturated heterocycles. The fourth-order valence-electron chi connectivity index (χ4n) is 2.98. The number of furan rings is 1. The summed E-state index contributed by atoms with van der Waals surface area (Å²) < 4.78 is 14.0. The molecule has 2 aromatic carbocycles. The highest BCUT2D eigenvalue weighted by molar-refractivity contribution is 9.10. The third kappa shape index (κ3) is 4.99. The van der Waals surface area contributed by atoms with Gasteiger partial charge in [-0.25, -0.2) is 0 Å². The quantitative estimate of drug-likeness (QED) is 0.395. The first kappa shape index (κ1) is 20.0. The molecule has 6 nitrogen and oxygen atoms in total. The van der Waals surface area contributed by atoms with Crippen LogP contribution < -0.4 is 10.1 Å². The maximum Gasteiger partial charge on any atom is 0.292 e. The molecule has 0 saturated carbocycles. The monoisotopic (exact) mass is 465 g/mol. The van der Waals surface area contributed by atoms with Gasteiger partial charge in [0.05, 0.1) is 11.0 Å². The van der Waals surface area contributed by atoms with Crippen LogP contribution in [0.5, 0.6) is 5.75 Å². The summed E-state index contributed by atoms with van der Waals surface area (Å²) in [6.07, 6.45) is 1.83. The van der Waals surface area contributed by atoms with Crippen molar-refractivity contribution in [2.75, 3.05) is 5.32 Å². The molecule has 0 aliphatic heterocycles. The van der Waals surface area contributed by atoms with Crippen molar-refractivity contribution < 1.29 is 13.9 Å². The van der Waals surface area contributed by atoms with Crippen LogP contribution in [0.3, 0.4) is 0 Å². The van der Waals surface area contributed by atoms with Crippen LogP contribution in [0.2, 0.25) is 0 Å². The van der Waals surface area contributed by atoms with Crippen LogP contribution in [-0.4, -0.2) is 15.7 Å². The number of carbonyl (C=O) groups is 1. The Bertz CT molecular complexity index is 1170. The average molecular weight is 466 g/mol. The predicted molar refractivity (Wildman–Crippen MR) is 118 cm³/mol. The van der Waals surface area contributed by atoms with Crippen molar-refractivity contribution in [3.63, 3.8) is 0 Å². The summed E-state index contributed by atoms with van der Waals surface area (Å²) in [5, 5.41) is 7.17. The molecule has 0 aliphatic rings. The van der Waals surface area contributed by atoms with E-state index in [4.69, 9.17) is 9.15 Å². The van der Waals surface area contributed by atoms with E-state index in [1.807, 2.05) is 42.6 Å². The SMILES string of the molecule is Cc1cccc(Cn2ccc(NC(=O)c3ccc(COc4ccccc4Br)o3)n2)c1. The molecule has 0 aliphatic carbocycles. The zero-order chi connectivity index (χ0) is 20.9. The molecule has 152 valence electrons. The Morgan fingerprint density at radius 1 is 1.13 bits per heavy atom. The number of hydrogen-bond acceptors (Lipinski definition) is 4. The Labute approximate surface area is 182 Å². The number of ether oxygens (including phenoxy) is 1. The van der Waals surface area contributed by atoms with Crippen LogP contribution in [0.15, 0.2) is 81.8 Å². The number of benzene rings is 2. The normalized spacial score (nSPS) is 10.7. The molecular weight excluding hydrogens is 446 g/mol. The summed E-state index contributed by atoms with van der Waals surface area (Å²) in [5.74, 6) is 1.58. The number of aromatic nitrogens is 2. The molecule has 4 rings (SSSR count). The Hall–Kier alpha value is -3.32. The highest BCUT2D eigenvalue weighted by Gasteiger charge is 2.13. The van der Waals surface area contributed by atoms with E-state index in [1.165, 1.54) is 5.56 Å². The molecule has 1 N–H and O–H groups in total. The highest BCUT2D eigenvalue weighted by Crippen LogP contribution is 2.25. The summed E-state index contributed by atoms with van der Waals surface area (Å²) in [5.41, 5.74) is 2.35. The van der Waals surface area contributed by atoms with Gasteiger partial charge in [-0.15, -0.1) is 0 Å². The second kappa shape index (κ2) is 9.00. The van der Waals surface area contributed by atoms with Crippen LogP contribution in [0.1, 0.15) is 27.4 Å². The van der Waals surface area contributed by atoms with Crippen molar-refractivity contribution >= 4 is 27.7 Å². The van der Waals surface area contributed by atoms with E-state index in [2.05, 4.69) is 45.4 Å². The Kier molecular flexibility index (Phi) is 5.99. The minimum atomic E-state index is -0.358. The lowest BCUT2D eigenvalue weighted by Gasteiger charge is -2.05. The number of aryl methyl sites for hydroxylation is 1. The fraction of sp³-hybridized carbons (Fsp3) is 0.130. The number of nitrogens with zero attached hydrogens (tertiary/aromatic N) is 2. The predicted octanol–water partition coefficient (Wildman–Crippen LogP) is 5.43. The minimum Gasteiger partial charge on any atom is -0.484 e. The van der Waals surface area contributed by atoms with Crippen molar-refractivity contribution in [2.24, 2.45) is 0 Å². The van der Waals surface area contributed by atoms with Crippen molar-refractivity contribution in [3.8, 4) is 5.75 Å². The average Bonchev–Trinajstić information content (AvgIpc) is 3.37. The first-order chi connectivity index (χ1) is 14.6. The van der Waals surface area contributed by atoms with Gasteiger partial charge in [0.25, 0.3) is 5.91 Å². The lowest BCUT2D eigenvalue weighted by Crippen LogP contribution is -2.12. The number of para-hydroxylation sites is 1. The number of anilines is 1. The number of amides is 1. The van der Waals surface area contributed by atoms with Gasteiger partial charge in [0, 0.05) is 12.3 Å². The number of nitrogens with one attached hydrogen (secondary N) is 1. The van der Waals surface area contributed by atoms with Gasteiger partial charge in [-0.2, -0.15) is 5.10 Å². The molecular formula is C23H20BrN3O3. The van der Waals surface area contributed by atoms with Gasteiger partial charge in [-0.05, 0) is 52.7 Å². The molecule has 2 heterocycles. The smallest absolute Gasteiger partial charge is 0.292 e. The van der Waals surface area contributed by atoms with Crippen molar-refractivity contribution in [1.29, 1.82) is 0 Å². The molecule has 0 fully saturated rings. The molecule has 0 atom stereocenters. The largest absolute Gasteiger partial charge is 0.484 e. The molecule has 30 heavy (non-hydrogen) atoms. The molecule has 2 aromatic heterocycles. The lowest BCUT2D eigenvalue weighted by atomic mass is 10.1. The first-order valence-corrected chi connectivity index (χ1v) is 10.2. The number of carbonyl (C=O) groups excluding carboxylic acids is 1. The van der Waals surface area contributed by atoms with Gasteiger partial charge in [0.15, 0.2) is 11.6 Å². The minimum absolute atomic E-state index is 0.203.